The van der Waals surface area contributed by atoms with E-state index in [0.29, 0.717) is 32.8 Å². The first-order chi connectivity index (χ1) is 12.5. The van der Waals surface area contributed by atoms with Gasteiger partial charge in [-0.15, -0.1) is 0 Å². The molecule has 1 amide bonds. The predicted octanol–water partition coefficient (Wildman–Crippen LogP) is 4.77. The fraction of sp³-hybridized carbons (Fsp3) is 0.105. The molecule has 5 nitrogen and oxygen atoms in total. The number of halogens is 2. The predicted molar refractivity (Wildman–Crippen MR) is 106 cm³/mol. The topological polar surface area (TPSA) is 58.1 Å². The molecule has 0 saturated carbocycles. The van der Waals surface area contributed by atoms with Crippen molar-refractivity contribution in [1.82, 2.24) is 9.97 Å². The first kappa shape index (κ1) is 18.2. The second kappa shape index (κ2) is 7.72. The van der Waals surface area contributed by atoms with Crippen LogP contribution in [0, 0.1) is 0 Å². The molecule has 7 heteroatoms. The highest BCUT2D eigenvalue weighted by Crippen LogP contribution is 2.32. The van der Waals surface area contributed by atoms with Gasteiger partial charge in [-0.05, 0) is 18.2 Å². The third-order valence-electron chi connectivity index (χ3n) is 3.72. The van der Waals surface area contributed by atoms with Crippen molar-refractivity contribution < 1.29 is 4.79 Å². The third-order valence-corrected chi connectivity index (χ3v) is 4.46. The molecular weight excluding hydrogens is 371 g/mol. The minimum Gasteiger partial charge on any atom is -0.361 e. The van der Waals surface area contributed by atoms with E-state index in [1.165, 1.54) is 12.4 Å². The van der Waals surface area contributed by atoms with Crippen molar-refractivity contribution in [3.8, 4) is 11.3 Å². The Hall–Kier alpha value is -2.63. The van der Waals surface area contributed by atoms with Crippen molar-refractivity contribution in [3.63, 3.8) is 0 Å². The Kier molecular flexibility index (Phi) is 5.40. The molecule has 132 valence electrons. The number of nitrogens with zero attached hydrogens (tertiary/aromatic N) is 3. The Balaban J connectivity index is 2.05. The molecule has 1 heterocycles. The van der Waals surface area contributed by atoms with E-state index in [1.807, 2.05) is 49.3 Å². The summed E-state index contributed by atoms with van der Waals surface area (Å²) in [5.41, 5.74) is 2.44. The Labute approximate surface area is 161 Å². The Bertz CT molecular complexity index is 946. The van der Waals surface area contributed by atoms with Crippen LogP contribution in [0.2, 0.25) is 10.0 Å². The fourth-order valence-corrected chi connectivity index (χ4v) is 2.77. The Morgan fingerprint density at radius 3 is 2.38 bits per heavy atom. The molecule has 0 spiro atoms. The van der Waals surface area contributed by atoms with Gasteiger partial charge in [0.15, 0.2) is 5.82 Å². The van der Waals surface area contributed by atoms with Crippen molar-refractivity contribution in [2.24, 2.45) is 0 Å². The second-order valence-corrected chi connectivity index (χ2v) is 6.58. The van der Waals surface area contributed by atoms with Crippen LogP contribution < -0.4 is 10.2 Å². The quantitative estimate of drug-likeness (QED) is 0.701. The van der Waals surface area contributed by atoms with Gasteiger partial charge in [-0.25, -0.2) is 9.97 Å². The largest absolute Gasteiger partial charge is 0.361 e. The number of rotatable bonds is 4. The van der Waals surface area contributed by atoms with Crippen molar-refractivity contribution in [2.75, 3.05) is 24.3 Å². The number of hydrogen-bond donors (Lipinski definition) is 1. The molecule has 0 aliphatic carbocycles. The summed E-state index contributed by atoms with van der Waals surface area (Å²) in [5, 5.41) is 3.63. The molecule has 0 aliphatic heterocycles. The van der Waals surface area contributed by atoms with E-state index >= 15 is 0 Å². The van der Waals surface area contributed by atoms with Gasteiger partial charge in [0.05, 0.1) is 15.7 Å². The molecule has 0 bridgehead atoms. The van der Waals surface area contributed by atoms with Gasteiger partial charge in [-0.2, -0.15) is 0 Å². The maximum atomic E-state index is 12.7. The summed E-state index contributed by atoms with van der Waals surface area (Å²) in [7, 11) is 3.71. The van der Waals surface area contributed by atoms with E-state index in [2.05, 4.69) is 15.3 Å². The summed E-state index contributed by atoms with van der Waals surface area (Å²) in [6.45, 7) is 0. The SMILES string of the molecule is CN(C)c1ncnc(-c2ccccc2)c1NC(=O)c1ccc(Cl)c(Cl)c1. The second-order valence-electron chi connectivity index (χ2n) is 5.76. The summed E-state index contributed by atoms with van der Waals surface area (Å²) in [6.07, 6.45) is 1.48. The summed E-state index contributed by atoms with van der Waals surface area (Å²) < 4.78 is 0. The van der Waals surface area contributed by atoms with Gasteiger partial charge in [-0.1, -0.05) is 53.5 Å². The number of nitrogens with one attached hydrogen (secondary N) is 1. The maximum absolute atomic E-state index is 12.7. The smallest absolute Gasteiger partial charge is 0.255 e. The molecular formula is C19H16Cl2N4O. The highest BCUT2D eigenvalue weighted by atomic mass is 35.5. The van der Waals surface area contributed by atoms with Crippen LogP contribution >= 0.6 is 23.2 Å². The van der Waals surface area contributed by atoms with Gasteiger partial charge in [-0.3, -0.25) is 4.79 Å². The Morgan fingerprint density at radius 2 is 1.73 bits per heavy atom. The number of amides is 1. The number of aromatic nitrogens is 2. The zero-order chi connectivity index (χ0) is 18.7. The minimum absolute atomic E-state index is 0.319. The van der Waals surface area contributed by atoms with E-state index in [4.69, 9.17) is 23.2 Å². The van der Waals surface area contributed by atoms with Crippen molar-refractivity contribution >= 4 is 40.6 Å². The van der Waals surface area contributed by atoms with Gasteiger partial charge in [0.1, 0.15) is 12.0 Å². The lowest BCUT2D eigenvalue weighted by molar-refractivity contribution is 0.102. The summed E-state index contributed by atoms with van der Waals surface area (Å²) >= 11 is 12.0. The fourth-order valence-electron chi connectivity index (χ4n) is 2.47. The van der Waals surface area contributed by atoms with Gasteiger partial charge in [0.2, 0.25) is 0 Å². The van der Waals surface area contributed by atoms with Gasteiger partial charge < -0.3 is 10.2 Å². The highest BCUT2D eigenvalue weighted by Gasteiger charge is 2.18. The molecule has 0 fully saturated rings. The van der Waals surface area contributed by atoms with Crippen LogP contribution in [0.1, 0.15) is 10.4 Å². The summed E-state index contributed by atoms with van der Waals surface area (Å²) in [4.78, 5) is 23.2. The van der Waals surface area contributed by atoms with Crippen LogP contribution in [-0.2, 0) is 0 Å². The van der Waals surface area contributed by atoms with Crippen LogP contribution in [0.25, 0.3) is 11.3 Å². The van der Waals surface area contributed by atoms with Crippen molar-refractivity contribution in [1.29, 1.82) is 0 Å². The zero-order valence-corrected chi connectivity index (χ0v) is 15.7. The molecule has 3 aromatic rings. The lowest BCUT2D eigenvalue weighted by atomic mass is 10.1. The van der Waals surface area contributed by atoms with Crippen LogP contribution in [-0.4, -0.2) is 30.0 Å². The van der Waals surface area contributed by atoms with Gasteiger partial charge in [0.25, 0.3) is 5.91 Å². The Morgan fingerprint density at radius 1 is 1.00 bits per heavy atom. The average Bonchev–Trinajstić information content (AvgIpc) is 2.64. The number of hydrogen-bond acceptors (Lipinski definition) is 4. The molecule has 3 rings (SSSR count). The third kappa shape index (κ3) is 3.79. The number of carbonyl (C=O) groups excluding carboxylic acids is 1. The minimum atomic E-state index is -0.321. The standard InChI is InChI=1S/C19H16Cl2N4O/c1-25(2)18-17(16(22-11-23-18)12-6-4-3-5-7-12)24-19(26)13-8-9-14(20)15(21)10-13/h3-11H,1-2H3,(H,24,26). The lowest BCUT2D eigenvalue weighted by Crippen LogP contribution is -2.19. The first-order valence-corrected chi connectivity index (χ1v) is 8.57. The lowest BCUT2D eigenvalue weighted by Gasteiger charge is -2.19. The van der Waals surface area contributed by atoms with E-state index in [0.717, 1.165) is 5.56 Å². The molecule has 26 heavy (non-hydrogen) atoms. The summed E-state index contributed by atoms with van der Waals surface area (Å²) in [6, 6.07) is 14.3. The van der Waals surface area contributed by atoms with E-state index in [9.17, 15) is 4.79 Å². The zero-order valence-electron chi connectivity index (χ0n) is 14.2. The average molecular weight is 387 g/mol. The maximum Gasteiger partial charge on any atom is 0.255 e. The molecule has 1 N–H and O–H groups in total. The molecule has 1 aromatic heterocycles. The molecule has 0 unspecified atom stereocenters. The summed E-state index contributed by atoms with van der Waals surface area (Å²) in [5.74, 6) is 0.283. The highest BCUT2D eigenvalue weighted by molar-refractivity contribution is 6.42. The number of benzene rings is 2. The van der Waals surface area contributed by atoms with Crippen molar-refractivity contribution in [2.45, 2.75) is 0 Å². The van der Waals surface area contributed by atoms with Gasteiger partial charge >= 0.3 is 0 Å². The molecule has 2 aromatic carbocycles. The van der Waals surface area contributed by atoms with Crippen molar-refractivity contribution in [3.05, 3.63) is 70.5 Å². The van der Waals surface area contributed by atoms with Crippen LogP contribution in [0.15, 0.2) is 54.9 Å². The number of carbonyl (C=O) groups is 1. The van der Waals surface area contributed by atoms with Gasteiger partial charge in [0, 0.05) is 25.2 Å². The molecule has 0 saturated heterocycles. The molecule has 0 atom stereocenters. The van der Waals surface area contributed by atoms with Crippen LogP contribution in [0.5, 0.6) is 0 Å². The van der Waals surface area contributed by atoms with Crippen LogP contribution in [0.4, 0.5) is 11.5 Å². The van der Waals surface area contributed by atoms with Crippen LogP contribution in [0.3, 0.4) is 0 Å². The van der Waals surface area contributed by atoms with E-state index < -0.39 is 0 Å². The normalized spacial score (nSPS) is 10.5. The molecule has 0 radical (unpaired) electrons. The monoisotopic (exact) mass is 386 g/mol. The first-order valence-electron chi connectivity index (χ1n) is 7.81. The molecule has 0 aliphatic rings. The number of anilines is 2. The van der Waals surface area contributed by atoms with E-state index in [1.54, 1.807) is 12.1 Å². The van der Waals surface area contributed by atoms with E-state index in [-0.39, 0.29) is 5.91 Å².